The molecule has 0 aromatic carbocycles. The molecule has 0 bridgehead atoms. The van der Waals surface area contributed by atoms with Crippen molar-refractivity contribution in [3.8, 4) is 0 Å². The van der Waals surface area contributed by atoms with Crippen LogP contribution in [0.15, 0.2) is 22.7 Å². The minimum absolute atomic E-state index is 0.316. The Morgan fingerprint density at radius 2 is 2.42 bits per heavy atom. The highest BCUT2D eigenvalue weighted by atomic mass is 15.1. The monoisotopic (exact) mass is 163 g/mol. The van der Waals surface area contributed by atoms with Crippen LogP contribution >= 0.6 is 0 Å². The van der Waals surface area contributed by atoms with Crippen LogP contribution in [0.3, 0.4) is 0 Å². The average molecular weight is 163 g/mol. The van der Waals surface area contributed by atoms with Gasteiger partial charge in [0.2, 0.25) is 7.41 Å². The second-order valence-corrected chi connectivity index (χ2v) is 2.57. The lowest BCUT2D eigenvalue weighted by atomic mass is 9.90. The summed E-state index contributed by atoms with van der Waals surface area (Å²) in [6, 6.07) is 0.316. The van der Waals surface area contributed by atoms with E-state index in [1.54, 1.807) is 20.9 Å². The molecule has 1 N–H and O–H groups in total. The maximum atomic E-state index is 4.04. The SMILES string of the molecule is C=C[B]N[B]N=NC(C)CCC. The fourth-order valence-corrected chi connectivity index (χ4v) is 0.767. The van der Waals surface area contributed by atoms with E-state index in [1.807, 2.05) is 0 Å². The Kier molecular flexibility index (Phi) is 8.12. The van der Waals surface area contributed by atoms with Crippen molar-refractivity contribution in [2.24, 2.45) is 10.1 Å². The maximum Gasteiger partial charge on any atom is 0.389 e. The third-order valence-electron chi connectivity index (χ3n) is 1.32. The second kappa shape index (κ2) is 8.53. The minimum atomic E-state index is 0.316. The van der Waals surface area contributed by atoms with E-state index in [1.165, 1.54) is 0 Å². The van der Waals surface area contributed by atoms with E-state index in [2.05, 4.69) is 35.7 Å². The Balaban J connectivity index is 3.27. The molecule has 12 heavy (non-hydrogen) atoms. The molecule has 0 rings (SSSR count). The molecule has 0 saturated heterocycles. The smallest absolute Gasteiger partial charge is 0.380 e. The third kappa shape index (κ3) is 7.54. The number of hydrogen-bond donors (Lipinski definition) is 1. The Hall–Kier alpha value is -0.570. The molecule has 2 radical (unpaired) electrons. The van der Waals surface area contributed by atoms with Crippen molar-refractivity contribution in [2.75, 3.05) is 0 Å². The van der Waals surface area contributed by atoms with Crippen molar-refractivity contribution in [3.63, 3.8) is 0 Å². The van der Waals surface area contributed by atoms with Gasteiger partial charge in [-0.1, -0.05) is 13.3 Å². The maximum absolute atomic E-state index is 4.04. The molecule has 1 unspecified atom stereocenters. The van der Waals surface area contributed by atoms with Gasteiger partial charge in [0.1, 0.15) is 0 Å². The van der Waals surface area contributed by atoms with Gasteiger partial charge in [-0.3, -0.25) is 0 Å². The Morgan fingerprint density at radius 3 is 3.00 bits per heavy atom. The van der Waals surface area contributed by atoms with Gasteiger partial charge in [0.15, 0.2) is 0 Å². The molecule has 0 aliphatic carbocycles. The first-order chi connectivity index (χ1) is 5.81. The molecular weight excluding hydrogens is 148 g/mol. The van der Waals surface area contributed by atoms with E-state index in [4.69, 9.17) is 0 Å². The largest absolute Gasteiger partial charge is 0.389 e. The molecule has 0 aliphatic rings. The third-order valence-corrected chi connectivity index (χ3v) is 1.32. The molecule has 1 atom stereocenters. The van der Waals surface area contributed by atoms with Crippen molar-refractivity contribution >= 4 is 15.0 Å². The summed E-state index contributed by atoms with van der Waals surface area (Å²) in [6.07, 6.45) is 2.23. The molecular formula is C7H15B2N3. The molecule has 0 amide bonds. The minimum Gasteiger partial charge on any atom is -0.380 e. The number of nitrogens with zero attached hydrogens (tertiary/aromatic N) is 2. The molecule has 5 heteroatoms. The van der Waals surface area contributed by atoms with Crippen LogP contribution in [-0.4, -0.2) is 21.0 Å². The fraction of sp³-hybridized carbons (Fsp3) is 0.714. The topological polar surface area (TPSA) is 36.8 Å². The van der Waals surface area contributed by atoms with E-state index >= 15 is 0 Å². The van der Waals surface area contributed by atoms with Crippen molar-refractivity contribution in [3.05, 3.63) is 12.6 Å². The highest BCUT2D eigenvalue weighted by Gasteiger charge is 1.95. The van der Waals surface area contributed by atoms with E-state index in [-0.39, 0.29) is 0 Å². The van der Waals surface area contributed by atoms with Gasteiger partial charge in [0.25, 0.3) is 0 Å². The highest BCUT2D eigenvalue weighted by molar-refractivity contribution is 6.52. The molecule has 0 fully saturated rings. The van der Waals surface area contributed by atoms with Gasteiger partial charge in [-0.25, -0.2) is 10.1 Å². The predicted octanol–water partition coefficient (Wildman–Crippen LogP) is 1.51. The molecule has 0 aliphatic heterocycles. The average Bonchev–Trinajstić information content (AvgIpc) is 2.05. The quantitative estimate of drug-likeness (QED) is 0.344. The zero-order chi connectivity index (χ0) is 9.23. The van der Waals surface area contributed by atoms with Crippen LogP contribution in [-0.2, 0) is 0 Å². The van der Waals surface area contributed by atoms with Crippen LogP contribution in [0.5, 0.6) is 0 Å². The Morgan fingerprint density at radius 1 is 1.67 bits per heavy atom. The van der Waals surface area contributed by atoms with E-state index in [9.17, 15) is 0 Å². The lowest BCUT2D eigenvalue weighted by Gasteiger charge is -2.00. The van der Waals surface area contributed by atoms with Gasteiger partial charge in [-0.2, -0.15) is 0 Å². The summed E-state index contributed by atoms with van der Waals surface area (Å²) in [6.45, 7) is 7.70. The fourth-order valence-electron chi connectivity index (χ4n) is 0.767. The second-order valence-electron chi connectivity index (χ2n) is 2.57. The van der Waals surface area contributed by atoms with Gasteiger partial charge in [-0.05, 0) is 13.3 Å². The molecule has 0 aromatic rings. The first kappa shape index (κ1) is 11.4. The highest BCUT2D eigenvalue weighted by Crippen LogP contribution is 1.99. The zero-order valence-corrected chi connectivity index (χ0v) is 7.83. The first-order valence-corrected chi connectivity index (χ1v) is 4.23. The normalized spacial score (nSPS) is 12.8. The van der Waals surface area contributed by atoms with Crippen LogP contribution in [0.2, 0.25) is 0 Å². The molecule has 64 valence electrons. The zero-order valence-electron chi connectivity index (χ0n) is 7.83. The Labute approximate surface area is 76.3 Å². The lowest BCUT2D eigenvalue weighted by molar-refractivity contribution is 0.632. The van der Waals surface area contributed by atoms with Gasteiger partial charge in [0.05, 0.1) is 6.04 Å². The molecule has 3 nitrogen and oxygen atoms in total. The van der Waals surface area contributed by atoms with Crippen LogP contribution in [0.25, 0.3) is 0 Å². The van der Waals surface area contributed by atoms with E-state index in [0.717, 1.165) is 12.8 Å². The van der Waals surface area contributed by atoms with Crippen molar-refractivity contribution < 1.29 is 0 Å². The van der Waals surface area contributed by atoms with Crippen LogP contribution in [0.1, 0.15) is 26.7 Å². The number of rotatable bonds is 7. The Bertz CT molecular complexity index is 139. The van der Waals surface area contributed by atoms with Crippen LogP contribution in [0, 0.1) is 0 Å². The van der Waals surface area contributed by atoms with E-state index < -0.39 is 0 Å². The van der Waals surface area contributed by atoms with Gasteiger partial charge < -0.3 is 5.14 Å². The summed E-state index contributed by atoms with van der Waals surface area (Å²) in [7, 11) is 3.25. The van der Waals surface area contributed by atoms with Crippen molar-refractivity contribution in [2.45, 2.75) is 32.7 Å². The van der Waals surface area contributed by atoms with Crippen LogP contribution in [0.4, 0.5) is 0 Å². The van der Waals surface area contributed by atoms with E-state index in [0.29, 0.717) is 6.04 Å². The summed E-state index contributed by atoms with van der Waals surface area (Å²) in [5.41, 5.74) is 0. The first-order valence-electron chi connectivity index (χ1n) is 4.23. The number of nitrogens with one attached hydrogen (secondary N) is 1. The van der Waals surface area contributed by atoms with Crippen LogP contribution < -0.4 is 5.14 Å². The van der Waals surface area contributed by atoms with Crippen molar-refractivity contribution in [1.29, 1.82) is 0 Å². The van der Waals surface area contributed by atoms with Crippen molar-refractivity contribution in [1.82, 2.24) is 5.14 Å². The lowest BCUT2D eigenvalue weighted by Crippen LogP contribution is -2.20. The molecule has 0 aromatic heterocycles. The summed E-state index contributed by atoms with van der Waals surface area (Å²) in [5, 5.41) is 10.7. The molecule has 0 heterocycles. The predicted molar refractivity (Wildman–Crippen MR) is 54.1 cm³/mol. The summed E-state index contributed by atoms with van der Waals surface area (Å²) in [5.74, 6) is 1.65. The molecule has 0 spiro atoms. The standard InChI is InChI=1S/C7H15B2N3/c1-4-6-7(3)10-12-9-11-8-5-2/h5,7,11H,2,4,6H2,1,3H3. The molecule has 0 saturated carbocycles. The van der Waals surface area contributed by atoms with Gasteiger partial charge in [0, 0.05) is 0 Å². The summed E-state index contributed by atoms with van der Waals surface area (Å²) in [4.78, 5) is 0. The van der Waals surface area contributed by atoms with Gasteiger partial charge in [-0.15, -0.1) is 12.6 Å². The number of hydrogen-bond acceptors (Lipinski definition) is 3. The summed E-state index contributed by atoms with van der Waals surface area (Å²) < 4.78 is 0. The van der Waals surface area contributed by atoms with Gasteiger partial charge >= 0.3 is 7.55 Å². The summed E-state index contributed by atoms with van der Waals surface area (Å²) >= 11 is 0.